The van der Waals surface area contributed by atoms with E-state index in [0.717, 1.165) is 24.2 Å². The van der Waals surface area contributed by atoms with Crippen molar-refractivity contribution >= 4 is 17.1 Å². The molecule has 2 rings (SSSR count). The van der Waals surface area contributed by atoms with Crippen LogP contribution in [0.2, 0.25) is 0 Å². The van der Waals surface area contributed by atoms with Gasteiger partial charge in [-0.3, -0.25) is 4.99 Å². The lowest BCUT2D eigenvalue weighted by Gasteiger charge is -2.03. The van der Waals surface area contributed by atoms with Gasteiger partial charge in [-0.05, 0) is 18.2 Å². The molecule has 1 aliphatic rings. The summed E-state index contributed by atoms with van der Waals surface area (Å²) in [6.45, 7) is 0. The van der Waals surface area contributed by atoms with Gasteiger partial charge < -0.3 is 5.53 Å². The van der Waals surface area contributed by atoms with Crippen LogP contribution in [0.4, 0.5) is 5.69 Å². The molecule has 0 unspecified atom stereocenters. The van der Waals surface area contributed by atoms with Crippen LogP contribution in [0.3, 0.4) is 0 Å². The Labute approximate surface area is 88.4 Å². The third kappa shape index (κ3) is 2.48. The number of hydrogen-bond donors (Lipinski definition) is 0. The van der Waals surface area contributed by atoms with Crippen LogP contribution in [0.15, 0.2) is 47.5 Å². The molecule has 1 aromatic rings. The molecule has 0 saturated carbocycles. The number of nitrogens with zero attached hydrogens (tertiary/aromatic N) is 3. The third-order valence-electron chi connectivity index (χ3n) is 2.26. The second-order valence-corrected chi connectivity index (χ2v) is 3.36. The van der Waals surface area contributed by atoms with Gasteiger partial charge in [-0.25, -0.2) is 0 Å². The number of para-hydroxylation sites is 1. The van der Waals surface area contributed by atoms with Crippen LogP contribution >= 0.6 is 0 Å². The maximum Gasteiger partial charge on any atom is 0.292 e. The lowest BCUT2D eigenvalue weighted by Crippen LogP contribution is -2.07. The van der Waals surface area contributed by atoms with E-state index in [1.165, 1.54) is 0 Å². The summed E-state index contributed by atoms with van der Waals surface area (Å²) in [6.07, 6.45) is 5.26. The average Bonchev–Trinajstić information content (AvgIpc) is 2.31. The minimum Gasteiger partial charge on any atom is -0.361 e. The first-order valence-corrected chi connectivity index (χ1v) is 4.90. The fraction of sp³-hybridized carbons (Fsp3) is 0.167. The molecule has 0 fully saturated rings. The predicted molar refractivity (Wildman–Crippen MR) is 60.5 cm³/mol. The van der Waals surface area contributed by atoms with Crippen molar-refractivity contribution in [1.29, 1.82) is 0 Å². The molecule has 0 atom stereocenters. The minimum absolute atomic E-state index is 0.710. The summed E-state index contributed by atoms with van der Waals surface area (Å²) >= 11 is 0. The highest BCUT2D eigenvalue weighted by Gasteiger charge is 2.11. The SMILES string of the molecule is [N-]=[N+]=C1C=CC(=Nc2ccccc2)CC1. The largest absolute Gasteiger partial charge is 0.361 e. The molecule has 0 aliphatic heterocycles. The van der Waals surface area contributed by atoms with Gasteiger partial charge in [0, 0.05) is 18.2 Å². The number of hydrogen-bond acceptors (Lipinski definition) is 1. The average molecular weight is 197 g/mol. The number of allylic oxidation sites excluding steroid dienone is 2. The summed E-state index contributed by atoms with van der Waals surface area (Å²) in [5.41, 5.74) is 11.3. The lowest BCUT2D eigenvalue weighted by atomic mass is 10.0. The number of benzene rings is 1. The van der Waals surface area contributed by atoms with Crippen LogP contribution in [0, 0.1) is 0 Å². The van der Waals surface area contributed by atoms with Gasteiger partial charge in [0.15, 0.2) is 0 Å². The Balaban J connectivity index is 2.21. The van der Waals surface area contributed by atoms with E-state index in [1.807, 2.05) is 36.4 Å². The molecule has 0 radical (unpaired) electrons. The van der Waals surface area contributed by atoms with Gasteiger partial charge in [-0.15, -0.1) is 0 Å². The van der Waals surface area contributed by atoms with Crippen molar-refractivity contribution in [1.82, 2.24) is 0 Å². The third-order valence-corrected chi connectivity index (χ3v) is 2.26. The Kier molecular flexibility index (Phi) is 2.86. The van der Waals surface area contributed by atoms with Gasteiger partial charge in [0.05, 0.1) is 12.1 Å². The zero-order chi connectivity index (χ0) is 10.5. The predicted octanol–water partition coefficient (Wildman–Crippen LogP) is 2.78. The van der Waals surface area contributed by atoms with E-state index < -0.39 is 0 Å². The standard InChI is InChI=1S/C12H11N3/c13-15-12-8-6-11(7-9-12)14-10-4-2-1-3-5-10/h1-6,8H,7,9H2. The van der Waals surface area contributed by atoms with E-state index in [0.29, 0.717) is 5.71 Å². The van der Waals surface area contributed by atoms with Crippen molar-refractivity contribution in [3.8, 4) is 0 Å². The van der Waals surface area contributed by atoms with Gasteiger partial charge in [-0.1, -0.05) is 18.2 Å². The Morgan fingerprint density at radius 1 is 1.07 bits per heavy atom. The fourth-order valence-electron chi connectivity index (χ4n) is 1.46. The molecule has 1 aliphatic carbocycles. The molecule has 0 aromatic heterocycles. The van der Waals surface area contributed by atoms with Gasteiger partial charge in [0.2, 0.25) is 0 Å². The van der Waals surface area contributed by atoms with Gasteiger partial charge in [0.25, 0.3) is 5.71 Å². The summed E-state index contributed by atoms with van der Waals surface area (Å²) < 4.78 is 0. The van der Waals surface area contributed by atoms with Crippen molar-refractivity contribution in [3.05, 3.63) is 48.0 Å². The van der Waals surface area contributed by atoms with Gasteiger partial charge >= 0.3 is 0 Å². The molecule has 0 N–H and O–H groups in total. The first-order valence-electron chi connectivity index (χ1n) is 4.90. The van der Waals surface area contributed by atoms with Crippen LogP contribution in [-0.2, 0) is 0 Å². The van der Waals surface area contributed by atoms with E-state index in [-0.39, 0.29) is 0 Å². The fourth-order valence-corrected chi connectivity index (χ4v) is 1.46. The monoisotopic (exact) mass is 197 g/mol. The molecule has 15 heavy (non-hydrogen) atoms. The quantitative estimate of drug-likeness (QED) is 0.491. The van der Waals surface area contributed by atoms with E-state index in [4.69, 9.17) is 5.53 Å². The Bertz CT molecular complexity index is 451. The highest BCUT2D eigenvalue weighted by atomic mass is 14.9. The highest BCUT2D eigenvalue weighted by molar-refractivity contribution is 6.07. The van der Waals surface area contributed by atoms with E-state index in [2.05, 4.69) is 9.78 Å². The van der Waals surface area contributed by atoms with E-state index >= 15 is 0 Å². The summed E-state index contributed by atoms with van der Waals surface area (Å²) in [4.78, 5) is 7.64. The lowest BCUT2D eigenvalue weighted by molar-refractivity contribution is -0.00621. The van der Waals surface area contributed by atoms with Crippen LogP contribution < -0.4 is 0 Å². The Hall–Kier alpha value is -1.99. The molecular formula is C12H11N3. The second kappa shape index (κ2) is 4.49. The maximum absolute atomic E-state index is 8.56. The molecule has 0 saturated heterocycles. The molecule has 3 heteroatoms. The first-order chi connectivity index (χ1) is 7.38. The van der Waals surface area contributed by atoms with Crippen molar-refractivity contribution in [2.45, 2.75) is 12.8 Å². The molecule has 0 amide bonds. The highest BCUT2D eigenvalue weighted by Crippen LogP contribution is 2.14. The molecule has 3 nitrogen and oxygen atoms in total. The van der Waals surface area contributed by atoms with Crippen LogP contribution in [0.1, 0.15) is 12.8 Å². The van der Waals surface area contributed by atoms with Crippen molar-refractivity contribution in [2.24, 2.45) is 4.99 Å². The van der Waals surface area contributed by atoms with Gasteiger partial charge in [0.1, 0.15) is 0 Å². The van der Waals surface area contributed by atoms with Crippen molar-refractivity contribution < 1.29 is 4.79 Å². The normalized spacial score (nSPS) is 17.9. The number of aliphatic imine (C=N–C) groups is 1. The maximum atomic E-state index is 8.56. The van der Waals surface area contributed by atoms with Gasteiger partial charge in [-0.2, -0.15) is 4.79 Å². The molecule has 74 valence electrons. The molecule has 0 bridgehead atoms. The first kappa shape index (κ1) is 9.56. The molecule has 0 spiro atoms. The number of rotatable bonds is 1. The molecular weight excluding hydrogens is 186 g/mol. The Morgan fingerprint density at radius 3 is 2.47 bits per heavy atom. The van der Waals surface area contributed by atoms with E-state index in [9.17, 15) is 0 Å². The summed E-state index contributed by atoms with van der Waals surface area (Å²) in [6, 6.07) is 9.84. The summed E-state index contributed by atoms with van der Waals surface area (Å²) in [5.74, 6) is 0. The van der Waals surface area contributed by atoms with Crippen LogP contribution in [0.5, 0.6) is 0 Å². The van der Waals surface area contributed by atoms with Crippen LogP contribution in [0.25, 0.3) is 5.53 Å². The smallest absolute Gasteiger partial charge is 0.292 e. The van der Waals surface area contributed by atoms with Crippen molar-refractivity contribution in [2.75, 3.05) is 0 Å². The molecule has 1 aromatic carbocycles. The summed E-state index contributed by atoms with van der Waals surface area (Å²) in [7, 11) is 0. The topological polar surface area (TPSA) is 48.8 Å². The van der Waals surface area contributed by atoms with E-state index in [1.54, 1.807) is 6.08 Å². The summed E-state index contributed by atoms with van der Waals surface area (Å²) in [5, 5.41) is 0. The minimum atomic E-state index is 0.710. The zero-order valence-electron chi connectivity index (χ0n) is 8.30. The van der Waals surface area contributed by atoms with Crippen molar-refractivity contribution in [3.63, 3.8) is 0 Å². The Morgan fingerprint density at radius 2 is 1.87 bits per heavy atom. The van der Waals surface area contributed by atoms with Crippen LogP contribution in [-0.4, -0.2) is 16.2 Å². The zero-order valence-corrected chi connectivity index (χ0v) is 8.30. The molecule has 0 heterocycles. The second-order valence-electron chi connectivity index (χ2n) is 3.36.